The zero-order valence-corrected chi connectivity index (χ0v) is 22.7. The molecule has 1 saturated heterocycles. The van der Waals surface area contributed by atoms with Crippen molar-refractivity contribution in [3.8, 4) is 0 Å². The van der Waals surface area contributed by atoms with Gasteiger partial charge in [-0.2, -0.15) is 0 Å². The minimum absolute atomic E-state index is 0.0143. The summed E-state index contributed by atoms with van der Waals surface area (Å²) in [6.45, 7) is 6.32. The molecule has 5 N–H and O–H groups in total. The van der Waals surface area contributed by atoms with Crippen LogP contribution in [0.2, 0.25) is 0 Å². The van der Waals surface area contributed by atoms with Crippen molar-refractivity contribution >= 4 is 5.97 Å². The Morgan fingerprint density at radius 1 is 1.00 bits per heavy atom. The Balaban J connectivity index is 1.19. The molecule has 6 rings (SSSR count). The van der Waals surface area contributed by atoms with Gasteiger partial charge in [-0.05, 0) is 93.0 Å². The summed E-state index contributed by atoms with van der Waals surface area (Å²) in [7, 11) is 0. The third kappa shape index (κ3) is 3.80. The first-order chi connectivity index (χ1) is 17.9. The van der Waals surface area contributed by atoms with Gasteiger partial charge in [0.1, 0.15) is 24.9 Å². The highest BCUT2D eigenvalue weighted by molar-refractivity contribution is 5.85. The van der Waals surface area contributed by atoms with Gasteiger partial charge in [-0.25, -0.2) is 4.79 Å². The summed E-state index contributed by atoms with van der Waals surface area (Å²) in [5.41, 5.74) is -0.607. The fraction of sp³-hybridized carbons (Fsp3) is 0.897. The van der Waals surface area contributed by atoms with E-state index in [1.165, 1.54) is 0 Å². The minimum atomic E-state index is -1.32. The predicted molar refractivity (Wildman–Crippen MR) is 134 cm³/mol. The monoisotopic (exact) mass is 536 g/mol. The molecule has 4 aliphatic carbocycles. The SMILES string of the molecule is C[C@H]1O[C@@H](O[C@H]2CC[C@@]3(C)[C@H](CC[C@@H]4[C@@H]3[C@H](O)C[C@]3(C)[C@@H](C5=CC(=O)OC5)CC[C@]43O)C2)[C@H](O)[C@H](O)[C@H]1O. The van der Waals surface area contributed by atoms with Crippen molar-refractivity contribution in [3.63, 3.8) is 0 Å². The lowest BCUT2D eigenvalue weighted by Gasteiger charge is -2.65. The van der Waals surface area contributed by atoms with E-state index in [-0.39, 0.29) is 41.8 Å². The van der Waals surface area contributed by atoms with Crippen LogP contribution in [-0.2, 0) is 19.0 Å². The third-order valence-corrected chi connectivity index (χ3v) is 12.0. The van der Waals surface area contributed by atoms with E-state index in [9.17, 15) is 30.3 Å². The summed E-state index contributed by atoms with van der Waals surface area (Å²) in [6, 6.07) is 0. The summed E-state index contributed by atoms with van der Waals surface area (Å²) in [5, 5.41) is 54.7. The van der Waals surface area contributed by atoms with Gasteiger partial charge in [0.2, 0.25) is 0 Å². The molecule has 14 atom stereocenters. The lowest BCUT2D eigenvalue weighted by Crippen LogP contribution is -2.66. The second-order valence-corrected chi connectivity index (χ2v) is 13.7. The van der Waals surface area contributed by atoms with Gasteiger partial charge in [-0.3, -0.25) is 0 Å². The maximum atomic E-state index is 12.4. The second kappa shape index (κ2) is 9.23. The summed E-state index contributed by atoms with van der Waals surface area (Å²) in [5.74, 6) is -0.0314. The predicted octanol–water partition coefficient (Wildman–Crippen LogP) is 1.43. The van der Waals surface area contributed by atoms with E-state index in [2.05, 4.69) is 13.8 Å². The molecule has 0 aromatic heterocycles. The number of cyclic esters (lactones) is 1. The van der Waals surface area contributed by atoms with Crippen LogP contribution in [0, 0.1) is 34.5 Å². The lowest BCUT2D eigenvalue weighted by atomic mass is 9.42. The summed E-state index contributed by atoms with van der Waals surface area (Å²) < 4.78 is 17.1. The van der Waals surface area contributed by atoms with E-state index in [1.807, 2.05) is 0 Å². The van der Waals surface area contributed by atoms with Gasteiger partial charge in [-0.1, -0.05) is 13.8 Å². The van der Waals surface area contributed by atoms with Crippen LogP contribution in [-0.4, -0.2) is 86.6 Å². The van der Waals surface area contributed by atoms with Crippen LogP contribution in [0.1, 0.15) is 72.1 Å². The Hall–Kier alpha value is -1.07. The van der Waals surface area contributed by atoms with E-state index in [0.29, 0.717) is 18.8 Å². The molecule has 2 heterocycles. The summed E-state index contributed by atoms with van der Waals surface area (Å²) >= 11 is 0. The summed E-state index contributed by atoms with van der Waals surface area (Å²) in [6.07, 6.45) is 1.49. The molecule has 4 saturated carbocycles. The molecular formula is C29H44O9. The average molecular weight is 537 g/mol. The molecule has 0 aromatic carbocycles. The fourth-order valence-electron chi connectivity index (χ4n) is 9.91. The molecule has 0 bridgehead atoms. The van der Waals surface area contributed by atoms with E-state index >= 15 is 0 Å². The largest absolute Gasteiger partial charge is 0.458 e. The first kappa shape index (κ1) is 27.1. The number of hydrogen-bond acceptors (Lipinski definition) is 9. The van der Waals surface area contributed by atoms with Crippen LogP contribution in [0.25, 0.3) is 0 Å². The van der Waals surface area contributed by atoms with Gasteiger partial charge >= 0.3 is 5.97 Å². The molecule has 9 heteroatoms. The number of rotatable bonds is 3. The van der Waals surface area contributed by atoms with E-state index in [0.717, 1.165) is 44.1 Å². The molecule has 2 aliphatic heterocycles. The summed E-state index contributed by atoms with van der Waals surface area (Å²) in [4.78, 5) is 11.8. The molecule has 0 amide bonds. The van der Waals surface area contributed by atoms with Gasteiger partial charge in [0.05, 0.1) is 23.9 Å². The minimum Gasteiger partial charge on any atom is -0.458 e. The second-order valence-electron chi connectivity index (χ2n) is 13.7. The quantitative estimate of drug-likeness (QED) is 0.267. The highest BCUT2D eigenvalue weighted by atomic mass is 16.7. The standard InChI is InChI=1S/C29H44O9/c1-14-23(32)24(33)25(34)26(37-14)38-17-6-8-27(2)16(11-17)4-5-19-22(27)20(30)12-28(3)18(7-9-29(19,28)35)15-10-21(31)36-13-15/h10,14,16-20,22-26,30,32-35H,4-9,11-13H2,1-3H3/t14-,16-,17+,18-,19-,20-,22-,23+,24-,25-,26+,27+,28-,29+/m1/s1. The van der Waals surface area contributed by atoms with Gasteiger partial charge < -0.3 is 39.7 Å². The highest BCUT2D eigenvalue weighted by Crippen LogP contribution is 2.70. The van der Waals surface area contributed by atoms with Crippen LogP contribution in [0.5, 0.6) is 0 Å². The van der Waals surface area contributed by atoms with Crippen molar-refractivity contribution < 1.29 is 44.5 Å². The van der Waals surface area contributed by atoms with Crippen LogP contribution in [0.3, 0.4) is 0 Å². The maximum Gasteiger partial charge on any atom is 0.331 e. The molecule has 6 aliphatic rings. The first-order valence-corrected chi connectivity index (χ1v) is 14.5. The number of aliphatic hydroxyl groups is 5. The number of hydrogen-bond donors (Lipinski definition) is 5. The number of esters is 1. The number of carbonyl (C=O) groups excluding carboxylic acids is 1. The van der Waals surface area contributed by atoms with Gasteiger partial charge in [0.15, 0.2) is 6.29 Å². The number of fused-ring (bicyclic) bond motifs is 5. The zero-order chi connectivity index (χ0) is 27.2. The molecule has 214 valence electrons. The van der Waals surface area contributed by atoms with Crippen molar-refractivity contribution in [2.45, 2.75) is 121 Å². The number of ether oxygens (including phenoxy) is 3. The van der Waals surface area contributed by atoms with E-state index < -0.39 is 47.8 Å². The van der Waals surface area contributed by atoms with Crippen molar-refractivity contribution in [1.82, 2.24) is 0 Å². The van der Waals surface area contributed by atoms with Crippen molar-refractivity contribution in [1.29, 1.82) is 0 Å². The smallest absolute Gasteiger partial charge is 0.331 e. The van der Waals surface area contributed by atoms with Crippen molar-refractivity contribution in [2.24, 2.45) is 34.5 Å². The van der Waals surface area contributed by atoms with E-state index in [4.69, 9.17) is 14.2 Å². The average Bonchev–Trinajstić information content (AvgIpc) is 3.41. The number of aliphatic hydroxyl groups excluding tert-OH is 4. The number of carbonyl (C=O) groups is 1. The molecule has 0 radical (unpaired) electrons. The Morgan fingerprint density at radius 2 is 1.76 bits per heavy atom. The van der Waals surface area contributed by atoms with Crippen molar-refractivity contribution in [2.75, 3.05) is 6.61 Å². The van der Waals surface area contributed by atoms with Gasteiger partial charge in [0.25, 0.3) is 0 Å². The Bertz CT molecular complexity index is 985. The molecule has 0 spiro atoms. The van der Waals surface area contributed by atoms with E-state index in [1.54, 1.807) is 13.0 Å². The topological polar surface area (TPSA) is 146 Å². The molecular weight excluding hydrogens is 492 g/mol. The normalized spacial score (nSPS) is 56.5. The Morgan fingerprint density at radius 3 is 2.47 bits per heavy atom. The molecule has 9 nitrogen and oxygen atoms in total. The maximum absolute atomic E-state index is 12.4. The highest BCUT2D eigenvalue weighted by Gasteiger charge is 2.70. The van der Waals surface area contributed by atoms with Crippen LogP contribution in [0.15, 0.2) is 11.6 Å². The Labute approximate surface area is 224 Å². The fourth-order valence-corrected chi connectivity index (χ4v) is 9.91. The lowest BCUT2D eigenvalue weighted by molar-refractivity contribution is -0.311. The third-order valence-electron chi connectivity index (χ3n) is 12.0. The van der Waals surface area contributed by atoms with Crippen LogP contribution < -0.4 is 0 Å². The van der Waals surface area contributed by atoms with Gasteiger partial charge in [-0.15, -0.1) is 0 Å². The first-order valence-electron chi connectivity index (χ1n) is 14.5. The van der Waals surface area contributed by atoms with Crippen molar-refractivity contribution in [3.05, 3.63) is 11.6 Å². The molecule has 0 aromatic rings. The van der Waals surface area contributed by atoms with Crippen LogP contribution in [0.4, 0.5) is 0 Å². The van der Waals surface area contributed by atoms with Gasteiger partial charge in [0, 0.05) is 11.5 Å². The molecule has 38 heavy (non-hydrogen) atoms. The molecule has 0 unspecified atom stereocenters. The molecule has 5 fully saturated rings. The Kier molecular flexibility index (Phi) is 6.58. The van der Waals surface area contributed by atoms with Crippen LogP contribution >= 0.6 is 0 Å². The zero-order valence-electron chi connectivity index (χ0n) is 22.7.